The maximum absolute atomic E-state index is 12.8. The van der Waals surface area contributed by atoms with Gasteiger partial charge in [-0.3, -0.25) is 9.78 Å². The lowest BCUT2D eigenvalue weighted by Crippen LogP contribution is -2.53. The molecule has 1 amide bonds. The molecular formula is C20H16N2O. The van der Waals surface area contributed by atoms with Crippen LogP contribution in [0, 0.1) is 0 Å². The summed E-state index contributed by atoms with van der Waals surface area (Å²) in [6, 6.07) is 24.0. The van der Waals surface area contributed by atoms with Gasteiger partial charge in [-0.2, -0.15) is 0 Å². The number of carbonyl (C=O) groups is 1. The first-order valence-electron chi connectivity index (χ1n) is 7.69. The van der Waals surface area contributed by atoms with Gasteiger partial charge in [-0.15, -0.1) is 0 Å². The van der Waals surface area contributed by atoms with Gasteiger partial charge >= 0.3 is 0 Å². The highest BCUT2D eigenvalue weighted by Crippen LogP contribution is 2.48. The summed E-state index contributed by atoms with van der Waals surface area (Å²) in [4.78, 5) is 18.8. The second-order valence-corrected chi connectivity index (χ2v) is 5.66. The number of rotatable bonds is 3. The lowest BCUT2D eigenvalue weighted by molar-refractivity contribution is -0.126. The molecule has 0 unspecified atom stereocenters. The molecule has 3 heteroatoms. The van der Waals surface area contributed by atoms with E-state index in [-0.39, 0.29) is 17.9 Å². The minimum Gasteiger partial charge on any atom is -0.302 e. The second-order valence-electron chi connectivity index (χ2n) is 5.66. The van der Waals surface area contributed by atoms with Crippen LogP contribution in [0.25, 0.3) is 0 Å². The highest BCUT2D eigenvalue weighted by atomic mass is 16.2. The zero-order valence-corrected chi connectivity index (χ0v) is 12.5. The molecule has 112 valence electrons. The average Bonchev–Trinajstić information content (AvgIpc) is 2.62. The maximum Gasteiger partial charge on any atom is 0.237 e. The standard InChI is InChI=1S/C20H16N2O/c23-20-18(15-8-3-1-4-9-15)19(16-10-5-2-6-11-16)22(20)17-12-7-13-21-14-17/h1-14,18-19H/t18-,19+/m0/s1. The molecule has 0 spiro atoms. The van der Waals surface area contributed by atoms with E-state index in [0.717, 1.165) is 16.8 Å². The van der Waals surface area contributed by atoms with Crippen molar-refractivity contribution in [2.24, 2.45) is 0 Å². The van der Waals surface area contributed by atoms with E-state index in [9.17, 15) is 4.79 Å². The van der Waals surface area contributed by atoms with Crippen LogP contribution >= 0.6 is 0 Å². The van der Waals surface area contributed by atoms with Crippen molar-refractivity contribution in [1.82, 2.24) is 4.98 Å². The summed E-state index contributed by atoms with van der Waals surface area (Å²) in [5, 5.41) is 0. The number of nitrogens with zero attached hydrogens (tertiary/aromatic N) is 2. The summed E-state index contributed by atoms with van der Waals surface area (Å²) in [7, 11) is 0. The minimum absolute atomic E-state index is 0.00954. The van der Waals surface area contributed by atoms with Crippen molar-refractivity contribution in [3.8, 4) is 0 Å². The van der Waals surface area contributed by atoms with Crippen molar-refractivity contribution in [2.75, 3.05) is 4.90 Å². The summed E-state index contributed by atoms with van der Waals surface area (Å²) in [6.07, 6.45) is 3.47. The van der Waals surface area contributed by atoms with Gasteiger partial charge in [0.2, 0.25) is 5.91 Å². The van der Waals surface area contributed by atoms with Crippen molar-refractivity contribution in [2.45, 2.75) is 12.0 Å². The summed E-state index contributed by atoms with van der Waals surface area (Å²) in [5.41, 5.74) is 3.05. The van der Waals surface area contributed by atoms with Crippen LogP contribution in [0.5, 0.6) is 0 Å². The lowest BCUT2D eigenvalue weighted by Gasteiger charge is -2.47. The van der Waals surface area contributed by atoms with Gasteiger partial charge in [-0.25, -0.2) is 0 Å². The molecule has 2 atom stereocenters. The largest absolute Gasteiger partial charge is 0.302 e. The molecule has 0 bridgehead atoms. The third-order valence-corrected chi connectivity index (χ3v) is 4.32. The molecule has 1 aliphatic heterocycles. The Morgan fingerprint density at radius 3 is 2.04 bits per heavy atom. The van der Waals surface area contributed by atoms with Gasteiger partial charge in [-0.1, -0.05) is 60.7 Å². The van der Waals surface area contributed by atoms with Crippen molar-refractivity contribution >= 4 is 11.6 Å². The molecule has 3 aromatic rings. The molecule has 0 aliphatic carbocycles. The SMILES string of the molecule is O=C1[C@@H](c2ccccc2)[C@@H](c2ccccc2)N1c1cccnc1. The highest BCUT2D eigenvalue weighted by molar-refractivity contribution is 6.06. The zero-order chi connectivity index (χ0) is 15.6. The number of carbonyl (C=O) groups excluding carboxylic acids is 1. The third-order valence-electron chi connectivity index (χ3n) is 4.32. The van der Waals surface area contributed by atoms with E-state index in [4.69, 9.17) is 0 Å². The number of pyridine rings is 1. The van der Waals surface area contributed by atoms with Gasteiger partial charge in [0, 0.05) is 6.20 Å². The summed E-state index contributed by atoms with van der Waals surface area (Å²) < 4.78 is 0. The molecule has 1 saturated heterocycles. The number of aromatic nitrogens is 1. The van der Waals surface area contributed by atoms with Crippen molar-refractivity contribution in [1.29, 1.82) is 0 Å². The van der Waals surface area contributed by atoms with Crippen LogP contribution in [0.4, 0.5) is 5.69 Å². The van der Waals surface area contributed by atoms with Crippen molar-refractivity contribution < 1.29 is 4.79 Å². The minimum atomic E-state index is -0.140. The molecule has 0 saturated carbocycles. The Balaban J connectivity index is 1.78. The van der Waals surface area contributed by atoms with Crippen molar-refractivity contribution in [3.63, 3.8) is 0 Å². The molecule has 0 radical (unpaired) electrons. The van der Waals surface area contributed by atoms with Gasteiger partial charge in [0.1, 0.15) is 0 Å². The molecule has 3 nitrogen and oxygen atoms in total. The van der Waals surface area contributed by atoms with Crippen LogP contribution in [0.1, 0.15) is 23.1 Å². The number of anilines is 1. The van der Waals surface area contributed by atoms with Crippen LogP contribution in [0.15, 0.2) is 85.2 Å². The Kier molecular flexibility index (Phi) is 3.39. The van der Waals surface area contributed by atoms with Crippen LogP contribution < -0.4 is 4.90 Å². The molecule has 1 aliphatic rings. The van der Waals surface area contributed by atoms with E-state index in [0.29, 0.717) is 0 Å². The topological polar surface area (TPSA) is 33.2 Å². The lowest BCUT2D eigenvalue weighted by atomic mass is 9.77. The van der Waals surface area contributed by atoms with Gasteiger partial charge in [0.25, 0.3) is 0 Å². The summed E-state index contributed by atoms with van der Waals surface area (Å²) in [5.74, 6) is -0.0168. The second kappa shape index (κ2) is 5.69. The first kappa shape index (κ1) is 13.7. The molecule has 2 aromatic carbocycles. The normalized spacial score (nSPS) is 20.2. The van der Waals surface area contributed by atoms with Gasteiger partial charge in [-0.05, 0) is 23.3 Å². The van der Waals surface area contributed by atoms with E-state index >= 15 is 0 Å². The Hall–Kier alpha value is -2.94. The first-order chi connectivity index (χ1) is 11.4. The highest BCUT2D eigenvalue weighted by Gasteiger charge is 2.49. The summed E-state index contributed by atoms with van der Waals surface area (Å²) in [6.45, 7) is 0. The Bertz CT molecular complexity index is 753. The molecule has 4 rings (SSSR count). The Labute approximate surface area is 135 Å². The van der Waals surface area contributed by atoms with E-state index in [1.165, 1.54) is 0 Å². The fourth-order valence-electron chi connectivity index (χ4n) is 3.25. The van der Waals surface area contributed by atoms with E-state index < -0.39 is 0 Å². The number of hydrogen-bond donors (Lipinski definition) is 0. The van der Waals surface area contributed by atoms with E-state index in [1.807, 2.05) is 65.6 Å². The smallest absolute Gasteiger partial charge is 0.237 e. The average molecular weight is 300 g/mol. The molecule has 2 heterocycles. The fourth-order valence-corrected chi connectivity index (χ4v) is 3.25. The first-order valence-corrected chi connectivity index (χ1v) is 7.69. The van der Waals surface area contributed by atoms with Gasteiger partial charge in [0.15, 0.2) is 0 Å². The van der Waals surface area contributed by atoms with E-state index in [1.54, 1.807) is 12.4 Å². The van der Waals surface area contributed by atoms with Crippen LogP contribution in [0.3, 0.4) is 0 Å². The van der Waals surface area contributed by atoms with Gasteiger partial charge < -0.3 is 4.90 Å². The maximum atomic E-state index is 12.8. The third kappa shape index (κ3) is 2.30. The zero-order valence-electron chi connectivity index (χ0n) is 12.5. The van der Waals surface area contributed by atoms with Crippen LogP contribution in [-0.4, -0.2) is 10.9 Å². The summed E-state index contributed by atoms with van der Waals surface area (Å²) >= 11 is 0. The van der Waals surface area contributed by atoms with E-state index in [2.05, 4.69) is 17.1 Å². The number of β-lactam (4-membered cyclic amide) rings is 1. The quantitative estimate of drug-likeness (QED) is 0.686. The number of amides is 1. The van der Waals surface area contributed by atoms with Gasteiger partial charge in [0.05, 0.1) is 23.8 Å². The Morgan fingerprint density at radius 2 is 1.43 bits per heavy atom. The predicted molar refractivity (Wildman–Crippen MR) is 90.1 cm³/mol. The number of benzene rings is 2. The predicted octanol–water partition coefficient (Wildman–Crippen LogP) is 3.95. The number of hydrogen-bond acceptors (Lipinski definition) is 2. The molecular weight excluding hydrogens is 284 g/mol. The molecule has 0 N–H and O–H groups in total. The van der Waals surface area contributed by atoms with Crippen LogP contribution in [-0.2, 0) is 4.79 Å². The molecule has 1 fully saturated rings. The van der Waals surface area contributed by atoms with Crippen molar-refractivity contribution in [3.05, 3.63) is 96.3 Å². The fraction of sp³-hybridized carbons (Fsp3) is 0.100. The molecule has 1 aromatic heterocycles. The monoisotopic (exact) mass is 300 g/mol. The van der Waals surface area contributed by atoms with Crippen LogP contribution in [0.2, 0.25) is 0 Å². The Morgan fingerprint density at radius 1 is 0.783 bits per heavy atom. The molecule has 23 heavy (non-hydrogen) atoms.